The molecule has 0 amide bonds. The minimum atomic E-state index is -0.538. The quantitative estimate of drug-likeness (QED) is 0.736. The topological polar surface area (TPSA) is 65.1 Å². The van der Waals surface area contributed by atoms with Crippen LogP contribution in [0.2, 0.25) is 0 Å². The molecule has 4 nitrogen and oxygen atoms in total. The fraction of sp³-hybridized carbons (Fsp3) is 0.438. The number of hydrogen-bond acceptors (Lipinski definition) is 4. The smallest absolute Gasteiger partial charge is 0.304 e. The molecule has 21 heavy (non-hydrogen) atoms. The van der Waals surface area contributed by atoms with E-state index in [4.69, 9.17) is 0 Å². The zero-order valence-electron chi connectivity index (χ0n) is 12.4. The average molecular weight is 306 g/mol. The molecule has 1 unspecified atom stereocenters. The Kier molecular flexibility index (Phi) is 5.73. The highest BCUT2D eigenvalue weighted by molar-refractivity contribution is 7.07. The summed E-state index contributed by atoms with van der Waals surface area (Å²) in [7, 11) is 0. The van der Waals surface area contributed by atoms with Gasteiger partial charge >= 0.3 is 4.87 Å². The van der Waals surface area contributed by atoms with Gasteiger partial charge in [-0.3, -0.25) is 4.79 Å². The maximum atomic E-state index is 11.0. The van der Waals surface area contributed by atoms with Gasteiger partial charge < -0.3 is 15.4 Å². The zero-order valence-corrected chi connectivity index (χ0v) is 13.2. The van der Waals surface area contributed by atoms with Crippen molar-refractivity contribution < 1.29 is 5.11 Å². The molecular formula is C16H22N2O2S. The van der Waals surface area contributed by atoms with Crippen molar-refractivity contribution in [3.63, 3.8) is 0 Å². The summed E-state index contributed by atoms with van der Waals surface area (Å²) in [5.74, 6) is 0.634. The molecule has 0 aliphatic heterocycles. The van der Waals surface area contributed by atoms with Gasteiger partial charge in [-0.1, -0.05) is 49.4 Å². The lowest BCUT2D eigenvalue weighted by Crippen LogP contribution is -2.21. The molecule has 0 bridgehead atoms. The summed E-state index contributed by atoms with van der Waals surface area (Å²) in [5, 5.41) is 15.1. The van der Waals surface area contributed by atoms with Gasteiger partial charge in [0.05, 0.1) is 6.10 Å². The second-order valence-corrected chi connectivity index (χ2v) is 6.50. The van der Waals surface area contributed by atoms with Crippen molar-refractivity contribution in [1.29, 1.82) is 0 Å². The van der Waals surface area contributed by atoms with E-state index in [0.717, 1.165) is 29.0 Å². The molecule has 1 atom stereocenters. The van der Waals surface area contributed by atoms with E-state index in [9.17, 15) is 9.90 Å². The van der Waals surface area contributed by atoms with Gasteiger partial charge in [0.15, 0.2) is 0 Å². The molecule has 0 saturated carbocycles. The van der Waals surface area contributed by atoms with E-state index in [1.54, 1.807) is 5.38 Å². The predicted molar refractivity (Wildman–Crippen MR) is 86.6 cm³/mol. The van der Waals surface area contributed by atoms with Crippen molar-refractivity contribution in [3.05, 3.63) is 56.1 Å². The summed E-state index contributed by atoms with van der Waals surface area (Å²) in [5.41, 5.74) is 3.06. The van der Waals surface area contributed by atoms with Crippen LogP contribution in [-0.2, 0) is 13.0 Å². The van der Waals surface area contributed by atoms with Gasteiger partial charge in [0.1, 0.15) is 0 Å². The Balaban J connectivity index is 1.82. The number of rotatable bonds is 7. The number of aromatic nitrogens is 1. The lowest BCUT2D eigenvalue weighted by Gasteiger charge is -2.13. The van der Waals surface area contributed by atoms with Crippen molar-refractivity contribution in [2.75, 3.05) is 6.54 Å². The van der Waals surface area contributed by atoms with Gasteiger partial charge in [0.25, 0.3) is 0 Å². The van der Waals surface area contributed by atoms with Gasteiger partial charge in [0, 0.05) is 24.2 Å². The molecule has 5 heteroatoms. The van der Waals surface area contributed by atoms with Gasteiger partial charge in [-0.05, 0) is 23.5 Å². The monoisotopic (exact) mass is 306 g/mol. The van der Waals surface area contributed by atoms with Crippen molar-refractivity contribution in [1.82, 2.24) is 10.3 Å². The summed E-state index contributed by atoms with van der Waals surface area (Å²) < 4.78 is 0. The molecule has 0 saturated heterocycles. The number of hydrogen-bond donors (Lipinski definition) is 3. The predicted octanol–water partition coefficient (Wildman–Crippen LogP) is 2.46. The Morgan fingerprint density at radius 2 is 2.00 bits per heavy atom. The summed E-state index contributed by atoms with van der Waals surface area (Å²) in [4.78, 5) is 13.7. The molecule has 0 aliphatic carbocycles. The Morgan fingerprint density at radius 3 is 2.57 bits per heavy atom. The van der Waals surface area contributed by atoms with Crippen LogP contribution in [0.15, 0.2) is 34.4 Å². The Hall–Kier alpha value is -1.43. The molecule has 114 valence electrons. The minimum Gasteiger partial charge on any atom is -0.387 e. The third-order valence-corrected chi connectivity index (χ3v) is 3.95. The first-order chi connectivity index (χ1) is 10.0. The molecule has 1 heterocycles. The van der Waals surface area contributed by atoms with E-state index in [1.165, 1.54) is 5.56 Å². The van der Waals surface area contributed by atoms with Crippen LogP contribution in [-0.4, -0.2) is 16.6 Å². The van der Waals surface area contributed by atoms with Gasteiger partial charge in [-0.2, -0.15) is 0 Å². The standard InChI is InChI=1S/C16H22N2O2S/c1-11(2)7-12-3-5-13(6-4-12)15(19)9-17-8-14-10-21-16(20)18-14/h3-6,10-11,15,17,19H,7-9H2,1-2H3,(H,18,20). The van der Waals surface area contributed by atoms with Crippen LogP contribution in [0, 0.1) is 5.92 Å². The highest BCUT2D eigenvalue weighted by Gasteiger charge is 2.07. The van der Waals surface area contributed by atoms with Crippen LogP contribution in [0.1, 0.15) is 36.8 Å². The largest absolute Gasteiger partial charge is 0.387 e. The normalized spacial score (nSPS) is 12.8. The van der Waals surface area contributed by atoms with E-state index in [2.05, 4.69) is 36.3 Å². The first kappa shape index (κ1) is 15.9. The Bertz CT molecular complexity index is 601. The number of aliphatic hydroxyl groups excluding tert-OH is 1. The number of aliphatic hydroxyl groups is 1. The first-order valence-corrected chi connectivity index (χ1v) is 8.07. The molecule has 0 aliphatic rings. The molecule has 1 aromatic carbocycles. The van der Waals surface area contributed by atoms with Crippen LogP contribution in [0.4, 0.5) is 0 Å². The number of aromatic amines is 1. The van der Waals surface area contributed by atoms with Gasteiger partial charge in [0.2, 0.25) is 0 Å². The molecule has 2 rings (SSSR count). The molecule has 0 spiro atoms. The zero-order chi connectivity index (χ0) is 15.2. The fourth-order valence-electron chi connectivity index (χ4n) is 2.21. The van der Waals surface area contributed by atoms with Crippen LogP contribution in [0.25, 0.3) is 0 Å². The summed E-state index contributed by atoms with van der Waals surface area (Å²) in [6.45, 7) is 5.41. The SMILES string of the molecule is CC(C)Cc1ccc(C(O)CNCc2csc(=O)[nH]2)cc1. The van der Waals surface area contributed by atoms with E-state index in [1.807, 2.05) is 12.1 Å². The molecule has 0 radical (unpaired) electrons. The van der Waals surface area contributed by atoms with Crippen molar-refractivity contribution >= 4 is 11.3 Å². The van der Waals surface area contributed by atoms with Crippen molar-refractivity contribution in [2.45, 2.75) is 32.9 Å². The van der Waals surface area contributed by atoms with E-state index >= 15 is 0 Å². The molecule has 2 aromatic rings. The first-order valence-electron chi connectivity index (χ1n) is 7.19. The lowest BCUT2D eigenvalue weighted by molar-refractivity contribution is 0.174. The maximum absolute atomic E-state index is 11.0. The Labute approximate surface area is 128 Å². The number of thiazole rings is 1. The van der Waals surface area contributed by atoms with E-state index in [0.29, 0.717) is 19.0 Å². The average Bonchev–Trinajstić information content (AvgIpc) is 2.84. The summed E-state index contributed by atoms with van der Waals surface area (Å²) in [6.07, 6.45) is 0.517. The molecular weight excluding hydrogens is 284 g/mol. The minimum absolute atomic E-state index is 0.0481. The van der Waals surface area contributed by atoms with Gasteiger partial charge in [-0.25, -0.2) is 0 Å². The summed E-state index contributed by atoms with van der Waals surface area (Å²) >= 11 is 1.15. The highest BCUT2D eigenvalue weighted by Crippen LogP contribution is 2.15. The maximum Gasteiger partial charge on any atom is 0.304 e. The summed E-state index contributed by atoms with van der Waals surface area (Å²) in [6, 6.07) is 8.12. The van der Waals surface area contributed by atoms with E-state index in [-0.39, 0.29) is 4.87 Å². The third kappa shape index (κ3) is 5.12. The lowest BCUT2D eigenvalue weighted by atomic mass is 10.0. The second kappa shape index (κ2) is 7.54. The number of H-pyrrole nitrogens is 1. The molecule has 0 fully saturated rings. The van der Waals surface area contributed by atoms with Crippen LogP contribution in [0.3, 0.4) is 0 Å². The third-order valence-electron chi connectivity index (χ3n) is 3.23. The van der Waals surface area contributed by atoms with Crippen molar-refractivity contribution in [2.24, 2.45) is 5.92 Å². The van der Waals surface area contributed by atoms with Crippen LogP contribution >= 0.6 is 11.3 Å². The van der Waals surface area contributed by atoms with Gasteiger partial charge in [-0.15, -0.1) is 0 Å². The number of nitrogens with one attached hydrogen (secondary N) is 2. The highest BCUT2D eigenvalue weighted by atomic mass is 32.1. The number of benzene rings is 1. The van der Waals surface area contributed by atoms with Crippen LogP contribution in [0.5, 0.6) is 0 Å². The molecule has 1 aromatic heterocycles. The van der Waals surface area contributed by atoms with E-state index < -0.39 is 6.10 Å². The fourth-order valence-corrected chi connectivity index (χ4v) is 2.79. The molecule has 3 N–H and O–H groups in total. The van der Waals surface area contributed by atoms with Crippen LogP contribution < -0.4 is 10.2 Å². The van der Waals surface area contributed by atoms with Crippen molar-refractivity contribution in [3.8, 4) is 0 Å². The second-order valence-electron chi connectivity index (χ2n) is 5.66. The Morgan fingerprint density at radius 1 is 1.29 bits per heavy atom.